The maximum absolute atomic E-state index is 11.7. The topological polar surface area (TPSA) is 55.5 Å². The second kappa shape index (κ2) is 4.00. The molecule has 1 aromatic carbocycles. The summed E-state index contributed by atoms with van der Waals surface area (Å²) in [7, 11) is -2.08. The third kappa shape index (κ3) is 2.73. The first-order valence-corrected chi connectivity index (χ1v) is 6.60. The molecule has 14 heavy (non-hydrogen) atoms. The van der Waals surface area contributed by atoms with Gasteiger partial charge < -0.3 is 5.73 Å². The fourth-order valence-electron chi connectivity index (χ4n) is 0.972. The molecule has 0 amide bonds. The van der Waals surface area contributed by atoms with E-state index in [4.69, 9.17) is 5.73 Å². The highest BCUT2D eigenvalue weighted by molar-refractivity contribution is 7.93. The first-order valence-electron chi connectivity index (χ1n) is 4.50. The van der Waals surface area contributed by atoms with Crippen molar-refractivity contribution in [3.63, 3.8) is 0 Å². The van der Waals surface area contributed by atoms with Crippen molar-refractivity contribution < 1.29 is 4.21 Å². The molecule has 1 rings (SSSR count). The molecule has 0 heterocycles. The lowest BCUT2D eigenvalue weighted by Gasteiger charge is -2.03. The summed E-state index contributed by atoms with van der Waals surface area (Å²) in [6.07, 6.45) is 1.66. The van der Waals surface area contributed by atoms with Gasteiger partial charge in [-0.15, -0.1) is 0 Å². The van der Waals surface area contributed by atoms with Crippen LogP contribution in [0.25, 0.3) is 0 Å². The minimum Gasteiger partial charge on any atom is -0.398 e. The van der Waals surface area contributed by atoms with Crippen LogP contribution in [0.5, 0.6) is 0 Å². The van der Waals surface area contributed by atoms with Crippen molar-refractivity contribution >= 4 is 21.1 Å². The Morgan fingerprint density at radius 3 is 2.64 bits per heavy atom. The van der Waals surface area contributed by atoms with Crippen molar-refractivity contribution in [2.75, 3.05) is 17.7 Å². The number of hydrogen-bond acceptors (Lipinski definition) is 3. The molecular formula is C10H16N2OS. The molecule has 0 aliphatic carbocycles. The number of benzene rings is 1. The van der Waals surface area contributed by atoms with Crippen LogP contribution in [0.15, 0.2) is 22.6 Å². The molecule has 1 aromatic rings. The standard InChI is InChI=1S/C10H16N2OS/c1-4-14(3,13)12-9-6-5-8(2)10(11)7-9/h5-7H,4,11H2,1-3H3. The molecule has 2 N–H and O–H groups in total. The van der Waals surface area contributed by atoms with E-state index in [2.05, 4.69) is 4.36 Å². The van der Waals surface area contributed by atoms with E-state index in [-0.39, 0.29) is 0 Å². The molecule has 0 aliphatic heterocycles. The summed E-state index contributed by atoms with van der Waals surface area (Å²) < 4.78 is 15.9. The highest BCUT2D eigenvalue weighted by Gasteiger charge is 1.99. The molecule has 0 radical (unpaired) electrons. The van der Waals surface area contributed by atoms with Gasteiger partial charge in [0, 0.05) is 27.4 Å². The van der Waals surface area contributed by atoms with Crippen molar-refractivity contribution in [1.29, 1.82) is 0 Å². The Kier molecular flexibility index (Phi) is 3.16. The van der Waals surface area contributed by atoms with Crippen molar-refractivity contribution in [2.45, 2.75) is 13.8 Å². The Balaban J connectivity index is 3.18. The minimum absolute atomic E-state index is 0.556. The van der Waals surface area contributed by atoms with Crippen molar-refractivity contribution in [2.24, 2.45) is 4.36 Å². The van der Waals surface area contributed by atoms with Crippen LogP contribution in [0, 0.1) is 6.92 Å². The van der Waals surface area contributed by atoms with Gasteiger partial charge in [0.2, 0.25) is 0 Å². The van der Waals surface area contributed by atoms with E-state index in [1.54, 1.807) is 12.3 Å². The summed E-state index contributed by atoms with van der Waals surface area (Å²) in [5.74, 6) is 0.556. The van der Waals surface area contributed by atoms with Crippen LogP contribution in [0.4, 0.5) is 11.4 Å². The van der Waals surface area contributed by atoms with Crippen LogP contribution in [-0.2, 0) is 9.73 Å². The molecule has 0 spiro atoms. The SMILES string of the molecule is CCS(C)(=O)=Nc1ccc(C)c(N)c1. The Labute approximate surface area is 85.5 Å². The summed E-state index contributed by atoms with van der Waals surface area (Å²) >= 11 is 0. The molecular weight excluding hydrogens is 196 g/mol. The summed E-state index contributed by atoms with van der Waals surface area (Å²) in [4.78, 5) is 0. The van der Waals surface area contributed by atoms with Crippen LogP contribution in [-0.4, -0.2) is 16.2 Å². The number of nitrogens with zero attached hydrogens (tertiary/aromatic N) is 1. The average molecular weight is 212 g/mol. The van der Waals surface area contributed by atoms with Crippen LogP contribution >= 0.6 is 0 Å². The number of aryl methyl sites for hydroxylation is 1. The van der Waals surface area contributed by atoms with E-state index in [9.17, 15) is 4.21 Å². The lowest BCUT2D eigenvalue weighted by Crippen LogP contribution is -1.98. The number of anilines is 1. The van der Waals surface area contributed by atoms with E-state index in [1.807, 2.05) is 26.0 Å². The summed E-state index contributed by atoms with van der Waals surface area (Å²) in [6, 6.07) is 5.48. The van der Waals surface area contributed by atoms with Gasteiger partial charge in [-0.05, 0) is 24.6 Å². The molecule has 0 saturated heterocycles. The molecule has 3 nitrogen and oxygen atoms in total. The van der Waals surface area contributed by atoms with Gasteiger partial charge in [-0.1, -0.05) is 13.0 Å². The molecule has 0 fully saturated rings. The van der Waals surface area contributed by atoms with Crippen molar-refractivity contribution in [3.05, 3.63) is 23.8 Å². The van der Waals surface area contributed by atoms with Gasteiger partial charge in [0.05, 0.1) is 5.69 Å². The van der Waals surface area contributed by atoms with E-state index in [1.165, 1.54) is 0 Å². The lowest BCUT2D eigenvalue weighted by molar-refractivity contribution is 0.681. The number of nitrogen functional groups attached to an aromatic ring is 1. The first-order chi connectivity index (χ1) is 6.44. The van der Waals surface area contributed by atoms with E-state index in [0.29, 0.717) is 17.1 Å². The molecule has 0 aromatic heterocycles. The van der Waals surface area contributed by atoms with Gasteiger partial charge in [0.15, 0.2) is 0 Å². The molecule has 4 heteroatoms. The van der Waals surface area contributed by atoms with Crippen LogP contribution < -0.4 is 5.73 Å². The average Bonchev–Trinajstić information content (AvgIpc) is 2.11. The Morgan fingerprint density at radius 2 is 2.14 bits per heavy atom. The Bertz CT molecular complexity index is 445. The Hall–Kier alpha value is -1.03. The van der Waals surface area contributed by atoms with Crippen LogP contribution in [0.2, 0.25) is 0 Å². The minimum atomic E-state index is -2.08. The molecule has 1 unspecified atom stereocenters. The highest BCUT2D eigenvalue weighted by atomic mass is 32.2. The summed E-state index contributed by atoms with van der Waals surface area (Å²) in [6.45, 7) is 3.80. The summed E-state index contributed by atoms with van der Waals surface area (Å²) in [5, 5.41) is 0. The first kappa shape index (κ1) is 11.0. The van der Waals surface area contributed by atoms with Gasteiger partial charge in [-0.2, -0.15) is 4.36 Å². The van der Waals surface area contributed by atoms with Gasteiger partial charge >= 0.3 is 0 Å². The second-order valence-corrected chi connectivity index (χ2v) is 6.06. The summed E-state index contributed by atoms with van der Waals surface area (Å²) in [5.41, 5.74) is 8.13. The normalized spacial score (nSPS) is 14.8. The zero-order valence-corrected chi connectivity index (χ0v) is 9.60. The fourth-order valence-corrected chi connectivity index (χ4v) is 1.66. The predicted molar refractivity (Wildman–Crippen MR) is 62.3 cm³/mol. The largest absolute Gasteiger partial charge is 0.398 e. The number of nitrogens with two attached hydrogens (primary N) is 1. The maximum Gasteiger partial charge on any atom is 0.0750 e. The zero-order chi connectivity index (χ0) is 10.8. The lowest BCUT2D eigenvalue weighted by atomic mass is 10.2. The van der Waals surface area contributed by atoms with Gasteiger partial charge in [-0.25, -0.2) is 4.21 Å². The highest BCUT2D eigenvalue weighted by Crippen LogP contribution is 2.20. The molecule has 1 atom stereocenters. The quantitative estimate of drug-likeness (QED) is 0.765. The maximum atomic E-state index is 11.7. The third-order valence-electron chi connectivity index (χ3n) is 2.10. The fraction of sp³-hybridized carbons (Fsp3) is 0.400. The van der Waals surface area contributed by atoms with E-state index in [0.717, 1.165) is 5.56 Å². The predicted octanol–water partition coefficient (Wildman–Crippen LogP) is 2.33. The number of rotatable bonds is 2. The monoisotopic (exact) mass is 212 g/mol. The van der Waals surface area contributed by atoms with E-state index >= 15 is 0 Å². The molecule has 0 bridgehead atoms. The van der Waals surface area contributed by atoms with Crippen LogP contribution in [0.3, 0.4) is 0 Å². The third-order valence-corrected chi connectivity index (χ3v) is 3.77. The van der Waals surface area contributed by atoms with Gasteiger partial charge in [0.1, 0.15) is 0 Å². The van der Waals surface area contributed by atoms with E-state index < -0.39 is 9.73 Å². The smallest absolute Gasteiger partial charge is 0.0750 e. The second-order valence-electron chi connectivity index (χ2n) is 3.38. The van der Waals surface area contributed by atoms with Crippen molar-refractivity contribution in [3.8, 4) is 0 Å². The van der Waals surface area contributed by atoms with Gasteiger partial charge in [0.25, 0.3) is 0 Å². The zero-order valence-electron chi connectivity index (χ0n) is 8.78. The number of hydrogen-bond donors (Lipinski definition) is 1. The van der Waals surface area contributed by atoms with Crippen LogP contribution in [0.1, 0.15) is 12.5 Å². The Morgan fingerprint density at radius 1 is 1.50 bits per heavy atom. The molecule has 0 aliphatic rings. The molecule has 78 valence electrons. The molecule has 0 saturated carbocycles. The van der Waals surface area contributed by atoms with Gasteiger partial charge in [-0.3, -0.25) is 0 Å². The van der Waals surface area contributed by atoms with Crippen molar-refractivity contribution in [1.82, 2.24) is 0 Å².